The van der Waals surface area contributed by atoms with E-state index in [0.29, 0.717) is 17.5 Å². The zero-order valence-corrected chi connectivity index (χ0v) is 16.0. The van der Waals surface area contributed by atoms with E-state index in [2.05, 4.69) is 24.0 Å². The molecule has 0 unspecified atom stereocenters. The molecule has 0 radical (unpaired) electrons. The quantitative estimate of drug-likeness (QED) is 0.545. The van der Waals surface area contributed by atoms with Crippen LogP contribution in [0.25, 0.3) is 11.4 Å². The number of carbonyl (C=O) groups excluding carboxylic acids is 1. The zero-order chi connectivity index (χ0) is 19.9. The van der Waals surface area contributed by atoms with E-state index in [0.717, 1.165) is 11.3 Å². The summed E-state index contributed by atoms with van der Waals surface area (Å²) in [5, 5.41) is 3.89. The van der Waals surface area contributed by atoms with Gasteiger partial charge in [0.05, 0.1) is 7.11 Å². The minimum absolute atomic E-state index is 0.113. The molecule has 7 heteroatoms. The van der Waals surface area contributed by atoms with Crippen molar-refractivity contribution in [3.05, 3.63) is 60.0 Å². The maximum absolute atomic E-state index is 11.9. The fourth-order valence-electron chi connectivity index (χ4n) is 2.45. The molecule has 0 N–H and O–H groups in total. The van der Waals surface area contributed by atoms with E-state index in [4.69, 9.17) is 18.7 Å². The van der Waals surface area contributed by atoms with Gasteiger partial charge in [-0.15, -0.1) is 0 Å². The molecule has 0 saturated heterocycles. The maximum Gasteiger partial charge on any atom is 0.344 e. The van der Waals surface area contributed by atoms with E-state index in [-0.39, 0.29) is 19.1 Å². The summed E-state index contributed by atoms with van der Waals surface area (Å²) in [6.07, 6.45) is 0. The lowest BCUT2D eigenvalue weighted by molar-refractivity contribution is -0.148. The molecule has 3 aromatic rings. The predicted octanol–water partition coefficient (Wildman–Crippen LogP) is 3.99. The smallest absolute Gasteiger partial charge is 0.344 e. The molecule has 0 bridgehead atoms. The van der Waals surface area contributed by atoms with Gasteiger partial charge in [-0.25, -0.2) is 4.79 Å². The number of hydrogen-bond acceptors (Lipinski definition) is 7. The van der Waals surface area contributed by atoms with E-state index in [1.54, 1.807) is 19.2 Å². The van der Waals surface area contributed by atoms with Crippen molar-refractivity contribution in [3.63, 3.8) is 0 Å². The predicted molar refractivity (Wildman–Crippen MR) is 102 cm³/mol. The molecule has 0 spiro atoms. The van der Waals surface area contributed by atoms with E-state index in [1.807, 2.05) is 36.4 Å². The van der Waals surface area contributed by atoms with Crippen molar-refractivity contribution >= 4 is 5.97 Å². The SMILES string of the molecule is COc1ccc(-c2noc(COC(=O)COc3ccc(C(C)C)cc3)n2)cc1. The van der Waals surface area contributed by atoms with Gasteiger partial charge in [-0.3, -0.25) is 0 Å². The fraction of sp³-hybridized carbons (Fsp3) is 0.286. The molecule has 0 atom stereocenters. The van der Waals surface area contributed by atoms with Gasteiger partial charge in [0.25, 0.3) is 5.89 Å². The maximum atomic E-state index is 11.9. The van der Waals surface area contributed by atoms with Crippen LogP contribution in [0.3, 0.4) is 0 Å². The van der Waals surface area contributed by atoms with Gasteiger partial charge in [-0.1, -0.05) is 31.1 Å². The van der Waals surface area contributed by atoms with Gasteiger partial charge in [0.15, 0.2) is 13.2 Å². The highest BCUT2D eigenvalue weighted by Gasteiger charge is 2.12. The zero-order valence-electron chi connectivity index (χ0n) is 16.0. The van der Waals surface area contributed by atoms with Gasteiger partial charge >= 0.3 is 5.97 Å². The Morgan fingerprint density at radius 1 is 1.04 bits per heavy atom. The summed E-state index contributed by atoms with van der Waals surface area (Å²) in [6, 6.07) is 14.9. The Kier molecular flexibility index (Phi) is 6.26. The first-order valence-electron chi connectivity index (χ1n) is 8.90. The largest absolute Gasteiger partial charge is 0.497 e. The lowest BCUT2D eigenvalue weighted by atomic mass is 10.0. The van der Waals surface area contributed by atoms with Crippen molar-refractivity contribution in [2.24, 2.45) is 0 Å². The Morgan fingerprint density at radius 2 is 1.71 bits per heavy atom. The summed E-state index contributed by atoms with van der Waals surface area (Å²) in [4.78, 5) is 16.1. The molecule has 0 fully saturated rings. The Labute approximate surface area is 163 Å². The highest BCUT2D eigenvalue weighted by molar-refractivity contribution is 5.71. The fourth-order valence-corrected chi connectivity index (χ4v) is 2.45. The van der Waals surface area contributed by atoms with Gasteiger partial charge in [-0.05, 0) is 47.9 Å². The third-order valence-electron chi connectivity index (χ3n) is 4.08. The van der Waals surface area contributed by atoms with E-state index in [1.165, 1.54) is 5.56 Å². The standard InChI is InChI=1S/C21H22N2O5/c1-14(2)15-4-10-18(11-5-15)26-13-20(24)27-12-19-22-21(23-28-19)16-6-8-17(25-3)9-7-16/h4-11,14H,12-13H2,1-3H3. The van der Waals surface area contributed by atoms with Crippen LogP contribution < -0.4 is 9.47 Å². The number of aromatic nitrogens is 2. The monoisotopic (exact) mass is 382 g/mol. The Hall–Kier alpha value is -3.35. The van der Waals surface area contributed by atoms with E-state index in [9.17, 15) is 4.79 Å². The summed E-state index contributed by atoms with van der Waals surface area (Å²) < 4.78 is 20.8. The van der Waals surface area contributed by atoms with Gasteiger partial charge in [-0.2, -0.15) is 4.98 Å². The minimum Gasteiger partial charge on any atom is -0.497 e. The average molecular weight is 382 g/mol. The highest BCUT2D eigenvalue weighted by Crippen LogP contribution is 2.20. The number of methoxy groups -OCH3 is 1. The number of benzene rings is 2. The number of hydrogen-bond donors (Lipinski definition) is 0. The number of esters is 1. The van der Waals surface area contributed by atoms with Gasteiger partial charge in [0.1, 0.15) is 11.5 Å². The lowest BCUT2D eigenvalue weighted by Crippen LogP contribution is -2.14. The van der Waals surface area contributed by atoms with Crippen molar-refractivity contribution in [1.82, 2.24) is 10.1 Å². The molecule has 1 heterocycles. The summed E-state index contributed by atoms with van der Waals surface area (Å²) >= 11 is 0. The molecule has 146 valence electrons. The molecule has 7 nitrogen and oxygen atoms in total. The second-order valence-electron chi connectivity index (χ2n) is 6.41. The molecule has 0 aliphatic carbocycles. The summed E-state index contributed by atoms with van der Waals surface area (Å²) in [6.45, 7) is 3.92. The molecule has 0 saturated carbocycles. The van der Waals surface area contributed by atoms with E-state index >= 15 is 0 Å². The normalized spacial score (nSPS) is 10.7. The van der Waals surface area contributed by atoms with Crippen LogP contribution in [0.5, 0.6) is 11.5 Å². The highest BCUT2D eigenvalue weighted by atomic mass is 16.6. The van der Waals surface area contributed by atoms with Crippen LogP contribution in [-0.4, -0.2) is 29.8 Å². The van der Waals surface area contributed by atoms with Crippen LogP contribution >= 0.6 is 0 Å². The molecular formula is C21H22N2O5. The van der Waals surface area contributed by atoms with Gasteiger partial charge in [0, 0.05) is 5.56 Å². The van der Waals surface area contributed by atoms with Crippen molar-refractivity contribution in [3.8, 4) is 22.9 Å². The van der Waals surface area contributed by atoms with Crippen LogP contribution in [0.15, 0.2) is 53.1 Å². The first-order chi connectivity index (χ1) is 13.5. The molecular weight excluding hydrogens is 360 g/mol. The van der Waals surface area contributed by atoms with Crippen LogP contribution in [0.1, 0.15) is 31.2 Å². The van der Waals surface area contributed by atoms with Gasteiger partial charge < -0.3 is 18.7 Å². The number of carbonyl (C=O) groups is 1. The molecule has 2 aromatic carbocycles. The first-order valence-corrected chi connectivity index (χ1v) is 8.90. The number of rotatable bonds is 8. The van der Waals surface area contributed by atoms with Crippen LogP contribution in [0.4, 0.5) is 0 Å². The third-order valence-corrected chi connectivity index (χ3v) is 4.08. The Morgan fingerprint density at radius 3 is 2.36 bits per heavy atom. The summed E-state index contributed by atoms with van der Waals surface area (Å²) in [5.74, 6) is 1.89. The molecule has 0 amide bonds. The number of nitrogens with zero attached hydrogens (tertiary/aromatic N) is 2. The topological polar surface area (TPSA) is 83.7 Å². The molecule has 3 rings (SSSR count). The average Bonchev–Trinajstić information content (AvgIpc) is 3.20. The summed E-state index contributed by atoms with van der Waals surface area (Å²) in [7, 11) is 1.60. The minimum atomic E-state index is -0.517. The Balaban J connectivity index is 1.47. The molecule has 0 aliphatic rings. The molecule has 28 heavy (non-hydrogen) atoms. The van der Waals surface area contributed by atoms with Crippen LogP contribution in [-0.2, 0) is 16.1 Å². The summed E-state index contributed by atoms with van der Waals surface area (Å²) in [5.41, 5.74) is 1.98. The van der Waals surface area contributed by atoms with Crippen LogP contribution in [0, 0.1) is 0 Å². The van der Waals surface area contributed by atoms with Crippen molar-refractivity contribution < 1.29 is 23.5 Å². The molecule has 0 aliphatic heterocycles. The third kappa shape index (κ3) is 5.09. The van der Waals surface area contributed by atoms with Crippen molar-refractivity contribution in [1.29, 1.82) is 0 Å². The van der Waals surface area contributed by atoms with Gasteiger partial charge in [0.2, 0.25) is 5.82 Å². The first kappa shape index (κ1) is 19.4. The molecule has 1 aromatic heterocycles. The van der Waals surface area contributed by atoms with E-state index < -0.39 is 5.97 Å². The number of ether oxygens (including phenoxy) is 3. The lowest BCUT2D eigenvalue weighted by Gasteiger charge is -2.08. The van der Waals surface area contributed by atoms with Crippen molar-refractivity contribution in [2.75, 3.05) is 13.7 Å². The second-order valence-corrected chi connectivity index (χ2v) is 6.41. The van der Waals surface area contributed by atoms with Crippen molar-refractivity contribution in [2.45, 2.75) is 26.4 Å². The second kappa shape index (κ2) is 9.03. The van der Waals surface area contributed by atoms with Crippen LogP contribution in [0.2, 0.25) is 0 Å². The Bertz CT molecular complexity index is 901.